The average molecular weight is 412 g/mol. The summed E-state index contributed by atoms with van der Waals surface area (Å²) < 4.78 is 5.82. The van der Waals surface area contributed by atoms with Crippen LogP contribution in [0.3, 0.4) is 0 Å². The number of aromatic nitrogens is 1. The minimum absolute atomic E-state index is 0.0575. The maximum absolute atomic E-state index is 11.3. The summed E-state index contributed by atoms with van der Waals surface area (Å²) in [6, 6.07) is 24.6. The molecule has 0 aliphatic rings. The van der Waals surface area contributed by atoms with Gasteiger partial charge < -0.3 is 4.74 Å². The van der Waals surface area contributed by atoms with E-state index in [0.29, 0.717) is 12.5 Å². The van der Waals surface area contributed by atoms with Crippen molar-refractivity contribution in [1.82, 2.24) is 4.98 Å². The van der Waals surface area contributed by atoms with Gasteiger partial charge in [-0.3, -0.25) is 10.1 Å². The Morgan fingerprint density at radius 3 is 2.35 bits per heavy atom. The molecule has 0 unspecified atom stereocenters. The van der Waals surface area contributed by atoms with Crippen molar-refractivity contribution in [2.45, 2.75) is 20.3 Å². The van der Waals surface area contributed by atoms with Crippen molar-refractivity contribution in [2.75, 3.05) is 6.61 Å². The van der Waals surface area contributed by atoms with Crippen LogP contribution in [0.1, 0.15) is 20.3 Å². The SMILES string of the molecule is CC(C)CCOc1ccc(-c2cc(-c3ccccc3)c3cc([N+](=O)[O-])ccc3n2)cc1. The number of fused-ring (bicyclic) bond motifs is 1. The monoisotopic (exact) mass is 412 g/mol. The average Bonchev–Trinajstić information content (AvgIpc) is 2.78. The first-order valence-corrected chi connectivity index (χ1v) is 10.4. The second-order valence-electron chi connectivity index (χ2n) is 7.94. The molecule has 0 saturated carbocycles. The van der Waals surface area contributed by atoms with E-state index in [2.05, 4.69) is 13.8 Å². The van der Waals surface area contributed by atoms with Crippen LogP contribution in [0.5, 0.6) is 5.75 Å². The number of non-ortho nitro benzene ring substituents is 1. The lowest BCUT2D eigenvalue weighted by Gasteiger charge is -2.12. The summed E-state index contributed by atoms with van der Waals surface area (Å²) in [6.07, 6.45) is 1.01. The second-order valence-corrected chi connectivity index (χ2v) is 7.94. The fourth-order valence-corrected chi connectivity index (χ4v) is 3.47. The zero-order chi connectivity index (χ0) is 21.8. The number of nitro benzene ring substituents is 1. The lowest BCUT2D eigenvalue weighted by molar-refractivity contribution is -0.384. The molecule has 4 rings (SSSR count). The molecule has 1 heterocycles. The Hall–Kier alpha value is -3.73. The quantitative estimate of drug-likeness (QED) is 0.244. The maximum atomic E-state index is 11.3. The molecule has 0 aliphatic carbocycles. The van der Waals surface area contributed by atoms with Gasteiger partial charge >= 0.3 is 0 Å². The van der Waals surface area contributed by atoms with E-state index in [4.69, 9.17) is 9.72 Å². The Kier molecular flexibility index (Phi) is 5.94. The van der Waals surface area contributed by atoms with Gasteiger partial charge in [0.15, 0.2) is 0 Å². The van der Waals surface area contributed by atoms with Gasteiger partial charge in [-0.05, 0) is 59.9 Å². The lowest BCUT2D eigenvalue weighted by Crippen LogP contribution is -2.01. The Morgan fingerprint density at radius 1 is 0.935 bits per heavy atom. The van der Waals surface area contributed by atoms with Crippen LogP contribution in [-0.4, -0.2) is 16.5 Å². The predicted octanol–water partition coefficient (Wildman–Crippen LogP) is 6.90. The molecule has 1 aromatic heterocycles. The molecule has 0 fully saturated rings. The molecule has 3 aromatic carbocycles. The van der Waals surface area contributed by atoms with Crippen molar-refractivity contribution in [3.8, 4) is 28.1 Å². The summed E-state index contributed by atoms with van der Waals surface area (Å²) in [4.78, 5) is 15.7. The molecule has 0 atom stereocenters. The number of ether oxygens (including phenoxy) is 1. The fraction of sp³-hybridized carbons (Fsp3) is 0.192. The Bertz CT molecular complexity index is 1200. The van der Waals surface area contributed by atoms with Crippen LogP contribution in [0, 0.1) is 16.0 Å². The van der Waals surface area contributed by atoms with E-state index in [1.807, 2.05) is 60.7 Å². The van der Waals surface area contributed by atoms with Gasteiger partial charge in [-0.2, -0.15) is 0 Å². The standard InChI is InChI=1S/C26H24N2O3/c1-18(2)14-15-31-22-11-8-20(9-12-22)26-17-23(19-6-4-3-5-7-19)24-16-21(28(29)30)10-13-25(24)27-26/h3-13,16-18H,14-15H2,1-2H3. The number of pyridine rings is 1. The van der Waals surface area contributed by atoms with Crippen molar-refractivity contribution in [1.29, 1.82) is 0 Å². The molecule has 0 aliphatic heterocycles. The predicted molar refractivity (Wildman–Crippen MR) is 124 cm³/mol. The van der Waals surface area contributed by atoms with E-state index < -0.39 is 0 Å². The molecule has 31 heavy (non-hydrogen) atoms. The highest BCUT2D eigenvalue weighted by atomic mass is 16.6. The van der Waals surface area contributed by atoms with Gasteiger partial charge in [-0.15, -0.1) is 0 Å². The molecule has 0 N–H and O–H groups in total. The van der Waals surface area contributed by atoms with Gasteiger partial charge in [0.2, 0.25) is 0 Å². The number of rotatable bonds is 7. The highest BCUT2D eigenvalue weighted by Crippen LogP contribution is 2.34. The van der Waals surface area contributed by atoms with E-state index in [9.17, 15) is 10.1 Å². The van der Waals surface area contributed by atoms with Gasteiger partial charge in [0, 0.05) is 23.1 Å². The maximum Gasteiger partial charge on any atom is 0.270 e. The van der Waals surface area contributed by atoms with Gasteiger partial charge in [-0.25, -0.2) is 4.98 Å². The van der Waals surface area contributed by atoms with Crippen LogP contribution in [0.15, 0.2) is 78.9 Å². The molecule has 0 radical (unpaired) electrons. The third kappa shape index (κ3) is 4.72. The van der Waals surface area contributed by atoms with Gasteiger partial charge in [-0.1, -0.05) is 44.2 Å². The van der Waals surface area contributed by atoms with E-state index in [1.165, 1.54) is 6.07 Å². The largest absolute Gasteiger partial charge is 0.494 e. The summed E-state index contributed by atoms with van der Waals surface area (Å²) in [7, 11) is 0. The first-order valence-electron chi connectivity index (χ1n) is 10.4. The van der Waals surface area contributed by atoms with Crippen LogP contribution in [0.2, 0.25) is 0 Å². The normalized spacial score (nSPS) is 11.1. The third-order valence-corrected chi connectivity index (χ3v) is 5.20. The molecule has 5 nitrogen and oxygen atoms in total. The van der Waals surface area contributed by atoms with Crippen molar-refractivity contribution in [3.05, 3.63) is 89.0 Å². The fourth-order valence-electron chi connectivity index (χ4n) is 3.47. The van der Waals surface area contributed by atoms with Gasteiger partial charge in [0.1, 0.15) is 5.75 Å². The van der Waals surface area contributed by atoms with Crippen LogP contribution in [0.25, 0.3) is 33.3 Å². The summed E-state index contributed by atoms with van der Waals surface area (Å²) in [6.45, 7) is 5.05. The van der Waals surface area contributed by atoms with E-state index in [-0.39, 0.29) is 10.6 Å². The van der Waals surface area contributed by atoms with Crippen LogP contribution in [0.4, 0.5) is 5.69 Å². The molecular formula is C26H24N2O3. The Labute approximate surface area is 181 Å². The molecule has 5 heteroatoms. The number of benzene rings is 3. The highest BCUT2D eigenvalue weighted by Gasteiger charge is 2.14. The van der Waals surface area contributed by atoms with Gasteiger partial charge in [0.05, 0.1) is 22.7 Å². The van der Waals surface area contributed by atoms with Crippen molar-refractivity contribution < 1.29 is 9.66 Å². The number of hydrogen-bond donors (Lipinski definition) is 0. The zero-order valence-corrected chi connectivity index (χ0v) is 17.6. The first-order chi connectivity index (χ1) is 15.0. The minimum Gasteiger partial charge on any atom is -0.494 e. The van der Waals surface area contributed by atoms with Crippen molar-refractivity contribution in [2.24, 2.45) is 5.92 Å². The first kappa shape index (κ1) is 20.5. The van der Waals surface area contributed by atoms with Crippen molar-refractivity contribution >= 4 is 16.6 Å². The summed E-state index contributed by atoms with van der Waals surface area (Å²) in [5, 5.41) is 12.1. The summed E-state index contributed by atoms with van der Waals surface area (Å²) >= 11 is 0. The van der Waals surface area contributed by atoms with Gasteiger partial charge in [0.25, 0.3) is 5.69 Å². The summed E-state index contributed by atoms with van der Waals surface area (Å²) in [5.41, 5.74) is 4.47. The number of nitro groups is 1. The highest BCUT2D eigenvalue weighted by molar-refractivity contribution is 5.97. The van der Waals surface area contributed by atoms with E-state index >= 15 is 0 Å². The van der Waals surface area contributed by atoms with E-state index in [0.717, 1.165) is 45.5 Å². The smallest absolute Gasteiger partial charge is 0.270 e. The van der Waals surface area contributed by atoms with Crippen LogP contribution >= 0.6 is 0 Å². The summed E-state index contributed by atoms with van der Waals surface area (Å²) in [5.74, 6) is 1.44. The molecule has 0 amide bonds. The minimum atomic E-state index is -0.375. The number of nitrogens with zero attached hydrogens (tertiary/aromatic N) is 2. The molecule has 0 saturated heterocycles. The van der Waals surface area contributed by atoms with E-state index in [1.54, 1.807) is 12.1 Å². The Balaban J connectivity index is 1.75. The zero-order valence-electron chi connectivity index (χ0n) is 17.6. The van der Waals surface area contributed by atoms with Crippen molar-refractivity contribution in [3.63, 3.8) is 0 Å². The lowest BCUT2D eigenvalue weighted by atomic mass is 9.98. The van der Waals surface area contributed by atoms with Crippen LogP contribution in [-0.2, 0) is 0 Å². The number of hydrogen-bond acceptors (Lipinski definition) is 4. The molecule has 0 bridgehead atoms. The van der Waals surface area contributed by atoms with Crippen LogP contribution < -0.4 is 4.74 Å². The molecule has 0 spiro atoms. The topological polar surface area (TPSA) is 65.3 Å². The third-order valence-electron chi connectivity index (χ3n) is 5.20. The molecule has 4 aromatic rings. The molecular weight excluding hydrogens is 388 g/mol. The Morgan fingerprint density at radius 2 is 1.68 bits per heavy atom. The molecule has 156 valence electrons. The second kappa shape index (κ2) is 8.96.